The Morgan fingerprint density at radius 2 is 1.86 bits per heavy atom. The average Bonchev–Trinajstić information content (AvgIpc) is 2.43. The first-order valence-electron chi connectivity index (χ1n) is 6.41. The van der Waals surface area contributed by atoms with Gasteiger partial charge in [-0.25, -0.2) is 8.42 Å². The molecule has 116 valence electrons. The molecule has 2 aromatic carbocycles. The number of anilines is 1. The molecule has 0 aromatic heterocycles. The highest BCUT2D eigenvalue weighted by Gasteiger charge is 2.19. The molecule has 3 N–H and O–H groups in total. The van der Waals surface area contributed by atoms with Crippen molar-refractivity contribution in [1.29, 1.82) is 0 Å². The Labute approximate surface area is 134 Å². The number of nitrogens with two attached hydrogens (primary N) is 1. The van der Waals surface area contributed by atoms with Crippen LogP contribution in [0.25, 0.3) is 0 Å². The van der Waals surface area contributed by atoms with Gasteiger partial charge in [-0.2, -0.15) is 0 Å². The van der Waals surface area contributed by atoms with Crippen LogP contribution in [0.5, 0.6) is 0 Å². The summed E-state index contributed by atoms with van der Waals surface area (Å²) in [6, 6.07) is 9.31. The molecule has 0 aliphatic rings. The van der Waals surface area contributed by atoms with Crippen LogP contribution in [0.15, 0.2) is 41.3 Å². The molecule has 1 amide bonds. The van der Waals surface area contributed by atoms with Gasteiger partial charge in [0.1, 0.15) is 0 Å². The molecular weight excluding hydrogens is 324 g/mol. The lowest BCUT2D eigenvalue weighted by Crippen LogP contribution is -2.17. The molecule has 0 spiro atoms. The van der Waals surface area contributed by atoms with Crippen molar-refractivity contribution in [2.45, 2.75) is 18.7 Å². The average molecular weight is 339 g/mol. The van der Waals surface area contributed by atoms with E-state index in [-0.39, 0.29) is 10.5 Å². The lowest BCUT2D eigenvalue weighted by atomic mass is 10.1. The van der Waals surface area contributed by atoms with Crippen molar-refractivity contribution in [3.05, 3.63) is 58.1 Å². The SMILES string of the molecule is Cc1ccc(Cl)cc1S(=O)(=O)Nc1cccc(C(N)=O)c1C. The van der Waals surface area contributed by atoms with Crippen LogP contribution in [-0.4, -0.2) is 14.3 Å². The first-order valence-corrected chi connectivity index (χ1v) is 8.27. The third kappa shape index (κ3) is 3.23. The Morgan fingerprint density at radius 1 is 1.18 bits per heavy atom. The zero-order chi connectivity index (χ0) is 16.5. The number of carbonyl (C=O) groups excluding carboxylic acids is 1. The summed E-state index contributed by atoms with van der Waals surface area (Å²) >= 11 is 5.87. The highest BCUT2D eigenvalue weighted by atomic mass is 35.5. The number of amides is 1. The molecule has 7 heteroatoms. The molecule has 0 heterocycles. The van der Waals surface area contributed by atoms with E-state index in [1.54, 1.807) is 44.2 Å². The first-order chi connectivity index (χ1) is 10.2. The fraction of sp³-hybridized carbons (Fsp3) is 0.133. The maximum Gasteiger partial charge on any atom is 0.262 e. The lowest BCUT2D eigenvalue weighted by Gasteiger charge is -2.14. The van der Waals surface area contributed by atoms with Crippen molar-refractivity contribution >= 4 is 33.2 Å². The molecule has 0 atom stereocenters. The fourth-order valence-electron chi connectivity index (χ4n) is 2.08. The van der Waals surface area contributed by atoms with Crippen molar-refractivity contribution < 1.29 is 13.2 Å². The molecule has 0 radical (unpaired) electrons. The zero-order valence-electron chi connectivity index (χ0n) is 12.1. The molecule has 0 aliphatic carbocycles. The summed E-state index contributed by atoms with van der Waals surface area (Å²) in [6.07, 6.45) is 0. The van der Waals surface area contributed by atoms with Crippen LogP contribution in [0.1, 0.15) is 21.5 Å². The molecule has 0 aliphatic heterocycles. The third-order valence-electron chi connectivity index (χ3n) is 3.28. The van der Waals surface area contributed by atoms with Gasteiger partial charge >= 0.3 is 0 Å². The number of aryl methyl sites for hydroxylation is 1. The summed E-state index contributed by atoms with van der Waals surface area (Å²) in [5.41, 5.74) is 6.88. The van der Waals surface area contributed by atoms with E-state index in [1.807, 2.05) is 0 Å². The second-order valence-corrected chi connectivity index (χ2v) is 6.94. The van der Waals surface area contributed by atoms with Gasteiger partial charge in [-0.1, -0.05) is 23.7 Å². The molecule has 0 bridgehead atoms. The normalized spacial score (nSPS) is 11.2. The summed E-state index contributed by atoms with van der Waals surface area (Å²) in [5, 5.41) is 0.327. The Kier molecular flexibility index (Phi) is 4.44. The largest absolute Gasteiger partial charge is 0.366 e. The standard InChI is InChI=1S/C15H15ClN2O3S/c1-9-6-7-11(16)8-14(9)22(20,21)18-13-5-3-4-12(10(13)2)15(17)19/h3-8,18H,1-2H3,(H2,17,19). The number of rotatable bonds is 4. The Hall–Kier alpha value is -2.05. The lowest BCUT2D eigenvalue weighted by molar-refractivity contribution is 0.0999. The minimum atomic E-state index is -3.82. The maximum absolute atomic E-state index is 12.5. The van der Waals surface area contributed by atoms with Crippen LogP contribution in [0.2, 0.25) is 5.02 Å². The number of primary amides is 1. The van der Waals surface area contributed by atoms with Gasteiger partial charge in [-0.05, 0) is 49.2 Å². The highest BCUT2D eigenvalue weighted by Crippen LogP contribution is 2.25. The molecule has 2 aromatic rings. The van der Waals surface area contributed by atoms with Crippen molar-refractivity contribution in [2.75, 3.05) is 4.72 Å². The molecule has 5 nitrogen and oxygen atoms in total. The smallest absolute Gasteiger partial charge is 0.262 e. The van der Waals surface area contributed by atoms with Crippen molar-refractivity contribution in [3.8, 4) is 0 Å². The van der Waals surface area contributed by atoms with Crippen LogP contribution in [0.3, 0.4) is 0 Å². The Morgan fingerprint density at radius 3 is 2.50 bits per heavy atom. The van der Waals surface area contributed by atoms with E-state index in [0.717, 1.165) is 0 Å². The van der Waals surface area contributed by atoms with E-state index in [4.69, 9.17) is 17.3 Å². The van der Waals surface area contributed by atoms with Gasteiger partial charge in [0.2, 0.25) is 5.91 Å². The van der Waals surface area contributed by atoms with E-state index in [1.165, 1.54) is 6.07 Å². The number of hydrogen-bond donors (Lipinski definition) is 2. The summed E-state index contributed by atoms with van der Waals surface area (Å²) in [5.74, 6) is -0.613. The van der Waals surface area contributed by atoms with Gasteiger partial charge in [0.25, 0.3) is 10.0 Å². The summed E-state index contributed by atoms with van der Waals surface area (Å²) in [7, 11) is -3.82. The van der Waals surface area contributed by atoms with E-state index in [0.29, 0.717) is 21.8 Å². The summed E-state index contributed by atoms with van der Waals surface area (Å²) < 4.78 is 27.5. The molecule has 22 heavy (non-hydrogen) atoms. The second-order valence-electron chi connectivity index (χ2n) is 4.86. The van der Waals surface area contributed by atoms with Crippen LogP contribution in [0, 0.1) is 13.8 Å². The predicted molar refractivity (Wildman–Crippen MR) is 86.7 cm³/mol. The maximum atomic E-state index is 12.5. The highest BCUT2D eigenvalue weighted by molar-refractivity contribution is 7.92. The van der Waals surface area contributed by atoms with Gasteiger partial charge in [-0.15, -0.1) is 0 Å². The quantitative estimate of drug-likeness (QED) is 0.898. The van der Waals surface area contributed by atoms with Crippen LogP contribution in [-0.2, 0) is 10.0 Å². The van der Waals surface area contributed by atoms with Crippen LogP contribution < -0.4 is 10.5 Å². The molecule has 0 saturated heterocycles. The second kappa shape index (κ2) is 5.98. The van der Waals surface area contributed by atoms with Crippen molar-refractivity contribution in [1.82, 2.24) is 0 Å². The minimum Gasteiger partial charge on any atom is -0.366 e. The van der Waals surface area contributed by atoms with Crippen molar-refractivity contribution in [3.63, 3.8) is 0 Å². The monoisotopic (exact) mass is 338 g/mol. The molecule has 0 unspecified atom stereocenters. The first kappa shape index (κ1) is 16.3. The minimum absolute atomic E-state index is 0.0869. The van der Waals surface area contributed by atoms with Crippen LogP contribution in [0.4, 0.5) is 5.69 Å². The van der Waals surface area contributed by atoms with Gasteiger partial charge in [-0.3, -0.25) is 9.52 Å². The molecule has 2 rings (SSSR count). The summed E-state index contributed by atoms with van der Waals surface area (Å²) in [4.78, 5) is 11.4. The van der Waals surface area contributed by atoms with Gasteiger partial charge in [0.15, 0.2) is 0 Å². The zero-order valence-corrected chi connectivity index (χ0v) is 13.6. The van der Waals surface area contributed by atoms with Gasteiger partial charge in [0.05, 0.1) is 10.6 Å². The Balaban J connectivity index is 2.48. The number of nitrogens with one attached hydrogen (secondary N) is 1. The van der Waals surface area contributed by atoms with Gasteiger partial charge < -0.3 is 5.73 Å². The Bertz CT molecular complexity index is 848. The van der Waals surface area contributed by atoms with Crippen molar-refractivity contribution in [2.24, 2.45) is 5.73 Å². The summed E-state index contributed by atoms with van der Waals surface area (Å²) in [6.45, 7) is 3.31. The van der Waals surface area contributed by atoms with E-state index >= 15 is 0 Å². The number of hydrogen-bond acceptors (Lipinski definition) is 3. The van der Waals surface area contributed by atoms with E-state index < -0.39 is 15.9 Å². The number of halogens is 1. The van der Waals surface area contributed by atoms with Crippen LogP contribution >= 0.6 is 11.6 Å². The number of benzene rings is 2. The molecule has 0 saturated carbocycles. The van der Waals surface area contributed by atoms with Gasteiger partial charge in [0, 0.05) is 10.6 Å². The fourth-order valence-corrected chi connectivity index (χ4v) is 3.71. The predicted octanol–water partition coefficient (Wildman–Crippen LogP) is 2.86. The number of sulfonamides is 1. The topological polar surface area (TPSA) is 89.3 Å². The number of carbonyl (C=O) groups is 1. The molecular formula is C15H15ClN2O3S. The third-order valence-corrected chi connectivity index (χ3v) is 5.03. The van der Waals surface area contributed by atoms with E-state index in [2.05, 4.69) is 4.72 Å². The van der Waals surface area contributed by atoms with E-state index in [9.17, 15) is 13.2 Å². The molecule has 0 fully saturated rings.